The second-order valence-electron chi connectivity index (χ2n) is 4.89. The van der Waals surface area contributed by atoms with Gasteiger partial charge in [-0.25, -0.2) is 13.1 Å². The van der Waals surface area contributed by atoms with Gasteiger partial charge in [-0.1, -0.05) is 11.6 Å². The van der Waals surface area contributed by atoms with Gasteiger partial charge in [0.25, 0.3) is 0 Å². The molecule has 1 aliphatic heterocycles. The summed E-state index contributed by atoms with van der Waals surface area (Å²) in [5.41, 5.74) is -0.469. The Morgan fingerprint density at radius 1 is 1.47 bits per heavy atom. The lowest BCUT2D eigenvalue weighted by Gasteiger charge is -2.24. The molecule has 106 valence electrons. The fourth-order valence-corrected chi connectivity index (χ4v) is 3.90. The highest BCUT2D eigenvalue weighted by atomic mass is 35.5. The second-order valence-corrected chi connectivity index (χ2v) is 6.98. The molecule has 2 rings (SSSR count). The van der Waals surface area contributed by atoms with Gasteiger partial charge in [-0.05, 0) is 32.0 Å². The number of methoxy groups -OCH3 is 1. The first kappa shape index (κ1) is 14.6. The molecule has 0 spiro atoms. The topological polar surface area (TPSA) is 67.4 Å². The van der Waals surface area contributed by atoms with E-state index in [9.17, 15) is 8.42 Å². The van der Waals surface area contributed by atoms with Crippen LogP contribution in [0.3, 0.4) is 0 Å². The maximum atomic E-state index is 12.4. The van der Waals surface area contributed by atoms with E-state index in [4.69, 9.17) is 16.3 Å². The maximum Gasteiger partial charge on any atom is 0.244 e. The first-order valence-electron chi connectivity index (χ1n) is 5.95. The van der Waals surface area contributed by atoms with Crippen molar-refractivity contribution in [3.63, 3.8) is 0 Å². The highest BCUT2D eigenvalue weighted by molar-refractivity contribution is 7.89. The third-order valence-corrected chi connectivity index (χ3v) is 5.08. The van der Waals surface area contributed by atoms with E-state index < -0.39 is 15.6 Å². The Morgan fingerprint density at radius 3 is 2.79 bits per heavy atom. The molecule has 0 saturated carbocycles. The fraction of sp³-hybridized carbons (Fsp3) is 0.500. The molecule has 5 nitrogen and oxygen atoms in total. The molecular weight excluding hydrogens is 288 g/mol. The summed E-state index contributed by atoms with van der Waals surface area (Å²) < 4.78 is 32.7. The zero-order chi connectivity index (χ0) is 14.1. The first-order chi connectivity index (χ1) is 8.86. The normalized spacial score (nSPS) is 23.5. The molecule has 0 amide bonds. The number of rotatable bonds is 4. The van der Waals surface area contributed by atoms with Gasteiger partial charge in [0, 0.05) is 23.2 Å². The molecule has 1 saturated heterocycles. The van der Waals surface area contributed by atoms with E-state index in [0.29, 0.717) is 11.6 Å². The summed E-state index contributed by atoms with van der Waals surface area (Å²) in [6, 6.07) is 4.48. The quantitative estimate of drug-likeness (QED) is 0.882. The number of halogens is 1. The summed E-state index contributed by atoms with van der Waals surface area (Å²) in [6.07, 6.45) is 0.752. The van der Waals surface area contributed by atoms with Crippen LogP contribution in [-0.2, 0) is 10.0 Å². The van der Waals surface area contributed by atoms with E-state index in [0.717, 1.165) is 13.0 Å². The van der Waals surface area contributed by atoms with Crippen LogP contribution in [0.25, 0.3) is 0 Å². The molecular formula is C12H17ClN2O3S. The Hall–Kier alpha value is -0.820. The fourth-order valence-electron chi connectivity index (χ4n) is 2.15. The lowest BCUT2D eigenvalue weighted by atomic mass is 10.0. The Balaban J connectivity index is 2.34. The number of ether oxygens (including phenoxy) is 1. The minimum Gasteiger partial charge on any atom is -0.495 e. The van der Waals surface area contributed by atoms with E-state index >= 15 is 0 Å². The molecule has 1 atom stereocenters. The van der Waals surface area contributed by atoms with E-state index in [2.05, 4.69) is 10.0 Å². The molecule has 2 N–H and O–H groups in total. The van der Waals surface area contributed by atoms with Crippen molar-refractivity contribution in [3.8, 4) is 5.75 Å². The molecule has 1 aromatic rings. The van der Waals surface area contributed by atoms with Crippen molar-refractivity contribution < 1.29 is 13.2 Å². The van der Waals surface area contributed by atoms with Crippen LogP contribution in [0.1, 0.15) is 13.3 Å². The lowest BCUT2D eigenvalue weighted by molar-refractivity contribution is 0.400. The van der Waals surface area contributed by atoms with Crippen molar-refractivity contribution >= 4 is 21.6 Å². The standard InChI is InChI=1S/C12H17ClN2O3S/c1-12(5-6-14-8-12)15-19(16,17)11-4-3-9(13)7-10(11)18-2/h3-4,7,14-15H,5-6,8H2,1-2H3. The Labute approximate surface area is 118 Å². The van der Waals surface area contributed by atoms with Gasteiger partial charge in [0.2, 0.25) is 10.0 Å². The van der Waals surface area contributed by atoms with Crippen molar-refractivity contribution in [2.75, 3.05) is 20.2 Å². The lowest BCUT2D eigenvalue weighted by Crippen LogP contribution is -2.47. The number of hydrogen-bond donors (Lipinski definition) is 2. The van der Waals surface area contributed by atoms with Crippen LogP contribution in [0, 0.1) is 0 Å². The van der Waals surface area contributed by atoms with E-state index in [1.165, 1.54) is 25.3 Å². The van der Waals surface area contributed by atoms with Gasteiger partial charge in [0.05, 0.1) is 7.11 Å². The van der Waals surface area contributed by atoms with E-state index in [1.807, 2.05) is 6.92 Å². The Kier molecular flexibility index (Phi) is 4.06. The van der Waals surface area contributed by atoms with Crippen LogP contribution in [0.5, 0.6) is 5.75 Å². The Morgan fingerprint density at radius 2 is 2.21 bits per heavy atom. The van der Waals surface area contributed by atoms with Crippen LogP contribution in [0.15, 0.2) is 23.1 Å². The smallest absolute Gasteiger partial charge is 0.244 e. The van der Waals surface area contributed by atoms with Crippen LogP contribution < -0.4 is 14.8 Å². The van der Waals surface area contributed by atoms with Gasteiger partial charge in [-0.15, -0.1) is 0 Å². The monoisotopic (exact) mass is 304 g/mol. The van der Waals surface area contributed by atoms with Crippen molar-refractivity contribution in [2.24, 2.45) is 0 Å². The predicted molar refractivity (Wildman–Crippen MR) is 74.2 cm³/mol. The molecule has 1 fully saturated rings. The van der Waals surface area contributed by atoms with E-state index in [1.54, 1.807) is 0 Å². The van der Waals surface area contributed by atoms with Gasteiger partial charge in [0.15, 0.2) is 0 Å². The van der Waals surface area contributed by atoms with Crippen molar-refractivity contribution in [3.05, 3.63) is 23.2 Å². The summed E-state index contributed by atoms with van der Waals surface area (Å²) in [6.45, 7) is 3.30. The maximum absolute atomic E-state index is 12.4. The molecule has 1 aliphatic rings. The van der Waals surface area contributed by atoms with Gasteiger partial charge in [-0.2, -0.15) is 0 Å². The van der Waals surface area contributed by atoms with Crippen LogP contribution >= 0.6 is 11.6 Å². The highest BCUT2D eigenvalue weighted by Gasteiger charge is 2.34. The average molecular weight is 305 g/mol. The zero-order valence-corrected chi connectivity index (χ0v) is 12.4. The van der Waals surface area contributed by atoms with Crippen LogP contribution in [0.4, 0.5) is 0 Å². The summed E-state index contributed by atoms with van der Waals surface area (Å²) in [5.74, 6) is 0.245. The molecule has 0 radical (unpaired) electrons. The Bertz CT molecular complexity index is 568. The van der Waals surface area contributed by atoms with Crippen molar-refractivity contribution in [2.45, 2.75) is 23.8 Å². The second kappa shape index (κ2) is 5.28. The minimum absolute atomic E-state index is 0.104. The molecule has 1 heterocycles. The minimum atomic E-state index is -3.64. The third-order valence-electron chi connectivity index (χ3n) is 3.16. The van der Waals surface area contributed by atoms with E-state index in [-0.39, 0.29) is 10.6 Å². The number of nitrogens with one attached hydrogen (secondary N) is 2. The van der Waals surface area contributed by atoms with Gasteiger partial charge >= 0.3 is 0 Å². The van der Waals surface area contributed by atoms with Crippen LogP contribution in [0.2, 0.25) is 5.02 Å². The summed E-state index contributed by atoms with van der Waals surface area (Å²) in [5, 5.41) is 3.58. The highest BCUT2D eigenvalue weighted by Crippen LogP contribution is 2.28. The molecule has 19 heavy (non-hydrogen) atoms. The van der Waals surface area contributed by atoms with Crippen LogP contribution in [-0.4, -0.2) is 34.2 Å². The SMILES string of the molecule is COc1cc(Cl)ccc1S(=O)(=O)NC1(C)CCNC1. The van der Waals surface area contributed by atoms with Gasteiger partial charge in [0.1, 0.15) is 10.6 Å². The predicted octanol–water partition coefficient (Wildman–Crippen LogP) is 1.38. The first-order valence-corrected chi connectivity index (χ1v) is 7.81. The molecule has 7 heteroatoms. The van der Waals surface area contributed by atoms with Crippen molar-refractivity contribution in [1.82, 2.24) is 10.0 Å². The summed E-state index contributed by atoms with van der Waals surface area (Å²) in [4.78, 5) is 0.104. The van der Waals surface area contributed by atoms with Gasteiger partial charge in [-0.3, -0.25) is 0 Å². The zero-order valence-electron chi connectivity index (χ0n) is 10.9. The average Bonchev–Trinajstić information content (AvgIpc) is 2.74. The summed E-state index contributed by atoms with van der Waals surface area (Å²) >= 11 is 5.84. The van der Waals surface area contributed by atoms with Crippen molar-refractivity contribution in [1.29, 1.82) is 0 Å². The molecule has 0 aliphatic carbocycles. The molecule has 1 unspecified atom stereocenters. The largest absolute Gasteiger partial charge is 0.495 e. The molecule has 1 aromatic carbocycles. The number of hydrogen-bond acceptors (Lipinski definition) is 4. The molecule has 0 bridgehead atoms. The van der Waals surface area contributed by atoms with Gasteiger partial charge < -0.3 is 10.1 Å². The number of sulfonamides is 1. The molecule has 0 aromatic heterocycles. The third kappa shape index (κ3) is 3.20. The summed E-state index contributed by atoms with van der Waals surface area (Å²) in [7, 11) is -2.22. The number of benzene rings is 1.